The van der Waals surface area contributed by atoms with E-state index >= 15 is 0 Å². The van der Waals surface area contributed by atoms with Gasteiger partial charge in [0.15, 0.2) is 0 Å². The number of nitrogens with one attached hydrogen (secondary N) is 1. The Morgan fingerprint density at radius 1 is 1.77 bits per heavy atom. The Labute approximate surface area is 75.8 Å². The van der Waals surface area contributed by atoms with Gasteiger partial charge >= 0.3 is 5.97 Å². The number of hydrogen-bond donors (Lipinski definition) is 2. The largest absolute Gasteiger partial charge is 0.481 e. The molecule has 0 unspecified atom stereocenters. The molecular weight excluding hydrogens is 172 g/mol. The lowest BCUT2D eigenvalue weighted by Gasteiger charge is -1.97. The molecule has 0 fully saturated rings. The van der Waals surface area contributed by atoms with Crippen molar-refractivity contribution < 1.29 is 14.3 Å². The monoisotopic (exact) mass is 184 g/mol. The van der Waals surface area contributed by atoms with Crippen LogP contribution in [0.3, 0.4) is 0 Å². The number of rotatable bonds is 5. The van der Waals surface area contributed by atoms with Crippen LogP contribution in [-0.2, 0) is 11.3 Å². The Balaban J connectivity index is 2.16. The molecule has 0 saturated heterocycles. The summed E-state index contributed by atoms with van der Waals surface area (Å²) in [5.41, 5.74) is 0. The standard InChI is InChI=1S/C8H12N2O3/c1-6-4-10-7(13-6)5-9-3-2-8(11)12/h4,9H,2-3,5H2,1H3,(H,11,12). The van der Waals surface area contributed by atoms with Crippen LogP contribution < -0.4 is 5.32 Å². The first kappa shape index (κ1) is 9.73. The lowest BCUT2D eigenvalue weighted by Crippen LogP contribution is -2.17. The predicted octanol–water partition coefficient (Wildman–Crippen LogP) is 0.547. The summed E-state index contributed by atoms with van der Waals surface area (Å²) in [5, 5.41) is 11.2. The second kappa shape index (κ2) is 4.61. The molecule has 0 aliphatic rings. The number of oxazole rings is 1. The number of nitrogens with zero attached hydrogens (tertiary/aromatic N) is 1. The topological polar surface area (TPSA) is 75.4 Å². The maximum atomic E-state index is 10.1. The van der Waals surface area contributed by atoms with Crippen molar-refractivity contribution in [2.75, 3.05) is 6.54 Å². The van der Waals surface area contributed by atoms with Crippen LogP contribution in [0, 0.1) is 6.92 Å². The Hall–Kier alpha value is -1.36. The molecule has 0 radical (unpaired) electrons. The second-order valence-corrected chi connectivity index (χ2v) is 2.69. The number of carbonyl (C=O) groups is 1. The zero-order valence-corrected chi connectivity index (χ0v) is 7.41. The maximum absolute atomic E-state index is 10.1. The normalized spacial score (nSPS) is 10.2. The molecule has 5 heteroatoms. The van der Waals surface area contributed by atoms with Crippen LogP contribution in [0.1, 0.15) is 18.1 Å². The van der Waals surface area contributed by atoms with E-state index in [9.17, 15) is 4.79 Å². The van der Waals surface area contributed by atoms with Crippen LogP contribution in [0.15, 0.2) is 10.6 Å². The summed E-state index contributed by atoms with van der Waals surface area (Å²) in [7, 11) is 0. The van der Waals surface area contributed by atoms with Crippen LogP contribution in [0.25, 0.3) is 0 Å². The fourth-order valence-electron chi connectivity index (χ4n) is 0.874. The molecule has 0 amide bonds. The van der Waals surface area contributed by atoms with Crippen molar-refractivity contribution in [1.29, 1.82) is 0 Å². The molecule has 0 aliphatic carbocycles. The molecule has 0 spiro atoms. The van der Waals surface area contributed by atoms with E-state index in [0.717, 1.165) is 5.76 Å². The van der Waals surface area contributed by atoms with E-state index < -0.39 is 5.97 Å². The van der Waals surface area contributed by atoms with Gasteiger partial charge in [-0.1, -0.05) is 0 Å². The highest BCUT2D eigenvalue weighted by Crippen LogP contribution is 2.00. The summed E-state index contributed by atoms with van der Waals surface area (Å²) in [6.45, 7) is 2.71. The summed E-state index contributed by atoms with van der Waals surface area (Å²) in [6, 6.07) is 0. The van der Waals surface area contributed by atoms with E-state index in [1.54, 1.807) is 6.20 Å². The van der Waals surface area contributed by atoms with Gasteiger partial charge in [-0.05, 0) is 6.92 Å². The number of carboxylic acids is 1. The lowest BCUT2D eigenvalue weighted by molar-refractivity contribution is -0.136. The van der Waals surface area contributed by atoms with Crippen molar-refractivity contribution in [3.8, 4) is 0 Å². The van der Waals surface area contributed by atoms with Crippen molar-refractivity contribution in [2.45, 2.75) is 19.9 Å². The molecule has 0 saturated carbocycles. The fraction of sp³-hybridized carbons (Fsp3) is 0.500. The van der Waals surface area contributed by atoms with Gasteiger partial charge in [0.05, 0.1) is 19.2 Å². The molecule has 1 aromatic heterocycles. The lowest BCUT2D eigenvalue weighted by atomic mass is 10.4. The van der Waals surface area contributed by atoms with Gasteiger partial charge in [-0.25, -0.2) is 4.98 Å². The Bertz CT molecular complexity index is 283. The zero-order chi connectivity index (χ0) is 9.68. The van der Waals surface area contributed by atoms with Gasteiger partial charge in [0, 0.05) is 6.54 Å². The van der Waals surface area contributed by atoms with Gasteiger partial charge in [-0.3, -0.25) is 4.79 Å². The molecule has 72 valence electrons. The van der Waals surface area contributed by atoms with E-state index in [1.165, 1.54) is 0 Å². The zero-order valence-electron chi connectivity index (χ0n) is 7.41. The number of aryl methyl sites for hydroxylation is 1. The summed E-state index contributed by atoms with van der Waals surface area (Å²) in [4.78, 5) is 14.1. The average Bonchev–Trinajstić information content (AvgIpc) is 2.45. The van der Waals surface area contributed by atoms with Gasteiger partial charge in [0.25, 0.3) is 0 Å². The molecule has 0 bridgehead atoms. The molecule has 1 aromatic rings. The van der Waals surface area contributed by atoms with Crippen molar-refractivity contribution in [2.24, 2.45) is 0 Å². The SMILES string of the molecule is Cc1cnc(CNCCC(=O)O)o1. The highest BCUT2D eigenvalue weighted by Gasteiger charge is 2.00. The summed E-state index contributed by atoms with van der Waals surface area (Å²) in [6.07, 6.45) is 1.74. The smallest absolute Gasteiger partial charge is 0.304 e. The maximum Gasteiger partial charge on any atom is 0.304 e. The van der Waals surface area contributed by atoms with Gasteiger partial charge in [-0.15, -0.1) is 0 Å². The van der Waals surface area contributed by atoms with Crippen LogP contribution >= 0.6 is 0 Å². The average molecular weight is 184 g/mol. The Kier molecular flexibility index (Phi) is 3.45. The minimum atomic E-state index is -0.809. The van der Waals surface area contributed by atoms with Crippen molar-refractivity contribution >= 4 is 5.97 Å². The summed E-state index contributed by atoms with van der Waals surface area (Å²) in [5.74, 6) is 0.536. The summed E-state index contributed by atoms with van der Waals surface area (Å²) < 4.78 is 5.17. The predicted molar refractivity (Wildman–Crippen MR) is 45.2 cm³/mol. The highest BCUT2D eigenvalue weighted by molar-refractivity contribution is 5.66. The number of aromatic nitrogens is 1. The third-order valence-electron chi connectivity index (χ3n) is 1.46. The minimum absolute atomic E-state index is 0.111. The first-order valence-corrected chi connectivity index (χ1v) is 4.02. The van der Waals surface area contributed by atoms with E-state index in [-0.39, 0.29) is 6.42 Å². The van der Waals surface area contributed by atoms with Gasteiger partial charge < -0.3 is 14.8 Å². The van der Waals surface area contributed by atoms with Gasteiger partial charge in [0.2, 0.25) is 5.89 Å². The molecule has 1 rings (SSSR count). The van der Waals surface area contributed by atoms with Crippen LogP contribution in [0.2, 0.25) is 0 Å². The van der Waals surface area contributed by atoms with E-state index in [1.807, 2.05) is 6.92 Å². The summed E-state index contributed by atoms with van der Waals surface area (Å²) >= 11 is 0. The molecule has 13 heavy (non-hydrogen) atoms. The van der Waals surface area contributed by atoms with Crippen molar-refractivity contribution in [3.63, 3.8) is 0 Å². The highest BCUT2D eigenvalue weighted by atomic mass is 16.4. The second-order valence-electron chi connectivity index (χ2n) is 2.69. The molecule has 0 aromatic carbocycles. The third kappa shape index (κ3) is 3.71. The molecule has 0 atom stereocenters. The molecule has 2 N–H and O–H groups in total. The number of hydrogen-bond acceptors (Lipinski definition) is 4. The van der Waals surface area contributed by atoms with Crippen LogP contribution in [0.4, 0.5) is 0 Å². The third-order valence-corrected chi connectivity index (χ3v) is 1.46. The van der Waals surface area contributed by atoms with Crippen molar-refractivity contribution in [3.05, 3.63) is 17.8 Å². The quantitative estimate of drug-likeness (QED) is 0.653. The van der Waals surface area contributed by atoms with E-state index in [4.69, 9.17) is 9.52 Å². The first-order valence-electron chi connectivity index (χ1n) is 4.02. The van der Waals surface area contributed by atoms with Crippen LogP contribution in [0.5, 0.6) is 0 Å². The first-order chi connectivity index (χ1) is 6.18. The van der Waals surface area contributed by atoms with Crippen molar-refractivity contribution in [1.82, 2.24) is 10.3 Å². The molecule has 0 aliphatic heterocycles. The van der Waals surface area contributed by atoms with E-state index in [2.05, 4.69) is 10.3 Å². The Morgan fingerprint density at radius 3 is 3.08 bits per heavy atom. The van der Waals surface area contributed by atoms with E-state index in [0.29, 0.717) is 19.0 Å². The van der Waals surface area contributed by atoms with Crippen LogP contribution in [-0.4, -0.2) is 22.6 Å². The molecule has 1 heterocycles. The molecule has 5 nitrogen and oxygen atoms in total. The minimum Gasteiger partial charge on any atom is -0.481 e. The van der Waals surface area contributed by atoms with Gasteiger partial charge in [0.1, 0.15) is 5.76 Å². The fourth-order valence-corrected chi connectivity index (χ4v) is 0.874. The van der Waals surface area contributed by atoms with Gasteiger partial charge in [-0.2, -0.15) is 0 Å². The number of carboxylic acid groups (broad SMARTS) is 1. The molecular formula is C8H12N2O3. The number of aliphatic carboxylic acids is 1. The Morgan fingerprint density at radius 2 is 2.54 bits per heavy atom.